The lowest BCUT2D eigenvalue weighted by atomic mass is 10.2. The zero-order chi connectivity index (χ0) is 13.2. The summed E-state index contributed by atoms with van der Waals surface area (Å²) >= 11 is 0. The third kappa shape index (κ3) is 2.73. The Morgan fingerprint density at radius 3 is 2.94 bits per heavy atom. The number of nitrogens with zero attached hydrogens (tertiary/aromatic N) is 2. The van der Waals surface area contributed by atoms with Crippen molar-refractivity contribution < 1.29 is 23.0 Å². The van der Waals surface area contributed by atoms with Gasteiger partial charge in [0.15, 0.2) is 0 Å². The van der Waals surface area contributed by atoms with Crippen LogP contribution in [0.3, 0.4) is 0 Å². The lowest BCUT2D eigenvalue weighted by molar-refractivity contribution is -0.137. The predicted octanol–water partition coefficient (Wildman–Crippen LogP) is 1.30. The summed E-state index contributed by atoms with van der Waals surface area (Å²) < 4.78 is 43.7. The number of hydrogen-bond acceptors (Lipinski definition) is 4. The number of alkyl halides is 3. The Labute approximate surface area is 102 Å². The van der Waals surface area contributed by atoms with Gasteiger partial charge in [0.2, 0.25) is 0 Å². The Balaban J connectivity index is 2.27. The van der Waals surface area contributed by atoms with Gasteiger partial charge >= 0.3 is 6.18 Å². The molecule has 0 radical (unpaired) electrons. The van der Waals surface area contributed by atoms with Gasteiger partial charge in [0, 0.05) is 19.3 Å². The second-order valence-electron chi connectivity index (χ2n) is 3.99. The summed E-state index contributed by atoms with van der Waals surface area (Å²) in [6.45, 7) is 0.594. The van der Waals surface area contributed by atoms with Crippen LogP contribution in [0.15, 0.2) is 18.3 Å². The van der Waals surface area contributed by atoms with Crippen LogP contribution < -0.4 is 4.90 Å². The standard InChI is InChI=1S/C11H13F3N2O2/c12-11(13,14)9-2-1-3-15-10(9)16-4-5-18-8(6-16)7-17/h1-3,8,17H,4-7H2. The molecule has 0 aliphatic carbocycles. The van der Waals surface area contributed by atoms with Crippen LogP contribution in [0.2, 0.25) is 0 Å². The fraction of sp³-hybridized carbons (Fsp3) is 0.545. The Morgan fingerprint density at radius 2 is 2.28 bits per heavy atom. The van der Waals surface area contributed by atoms with Crippen molar-refractivity contribution in [1.82, 2.24) is 4.98 Å². The van der Waals surface area contributed by atoms with Crippen molar-refractivity contribution in [2.24, 2.45) is 0 Å². The fourth-order valence-electron chi connectivity index (χ4n) is 1.89. The molecule has 0 amide bonds. The molecule has 1 aliphatic heterocycles. The topological polar surface area (TPSA) is 45.6 Å². The molecule has 1 saturated heterocycles. The smallest absolute Gasteiger partial charge is 0.394 e. The van der Waals surface area contributed by atoms with Gasteiger partial charge in [0.25, 0.3) is 0 Å². The average molecular weight is 262 g/mol. The van der Waals surface area contributed by atoms with Crippen molar-refractivity contribution >= 4 is 5.82 Å². The van der Waals surface area contributed by atoms with E-state index < -0.39 is 17.8 Å². The molecule has 1 aliphatic rings. The first-order valence-electron chi connectivity index (χ1n) is 5.52. The van der Waals surface area contributed by atoms with E-state index in [1.54, 1.807) is 0 Å². The van der Waals surface area contributed by atoms with Gasteiger partial charge < -0.3 is 14.7 Å². The van der Waals surface area contributed by atoms with Crippen molar-refractivity contribution in [3.8, 4) is 0 Å². The van der Waals surface area contributed by atoms with Crippen molar-refractivity contribution in [3.05, 3.63) is 23.9 Å². The van der Waals surface area contributed by atoms with Crippen LogP contribution in [0.5, 0.6) is 0 Å². The molecular formula is C11H13F3N2O2. The molecule has 0 spiro atoms. The highest BCUT2D eigenvalue weighted by Crippen LogP contribution is 2.35. The summed E-state index contributed by atoms with van der Waals surface area (Å²) in [5, 5.41) is 8.99. The quantitative estimate of drug-likeness (QED) is 0.872. The van der Waals surface area contributed by atoms with Crippen LogP contribution >= 0.6 is 0 Å². The first kappa shape index (κ1) is 13.1. The van der Waals surface area contributed by atoms with Gasteiger partial charge in [-0.05, 0) is 12.1 Å². The Kier molecular flexibility index (Phi) is 3.72. The predicted molar refractivity (Wildman–Crippen MR) is 58.3 cm³/mol. The van der Waals surface area contributed by atoms with Crippen molar-refractivity contribution in [2.75, 3.05) is 31.2 Å². The maximum atomic E-state index is 12.8. The van der Waals surface area contributed by atoms with E-state index in [1.807, 2.05) is 0 Å². The number of aromatic nitrogens is 1. The molecule has 1 aromatic rings. The third-order valence-corrected chi connectivity index (χ3v) is 2.73. The second-order valence-corrected chi connectivity index (χ2v) is 3.99. The zero-order valence-electron chi connectivity index (χ0n) is 9.52. The van der Waals surface area contributed by atoms with Gasteiger partial charge in [-0.15, -0.1) is 0 Å². The lowest BCUT2D eigenvalue weighted by Gasteiger charge is -2.34. The van der Waals surface area contributed by atoms with E-state index in [-0.39, 0.29) is 25.6 Å². The minimum atomic E-state index is -4.43. The lowest BCUT2D eigenvalue weighted by Crippen LogP contribution is -2.45. The molecule has 0 aromatic carbocycles. The molecule has 1 N–H and O–H groups in total. The number of halogens is 3. The first-order valence-corrected chi connectivity index (χ1v) is 5.52. The van der Waals surface area contributed by atoms with Crippen molar-refractivity contribution in [1.29, 1.82) is 0 Å². The molecule has 2 heterocycles. The van der Waals surface area contributed by atoms with Gasteiger partial charge in [-0.25, -0.2) is 4.98 Å². The fourth-order valence-corrected chi connectivity index (χ4v) is 1.89. The van der Waals surface area contributed by atoms with Crippen LogP contribution in [0.25, 0.3) is 0 Å². The number of ether oxygens (including phenoxy) is 1. The molecule has 0 bridgehead atoms. The van der Waals surface area contributed by atoms with Crippen molar-refractivity contribution in [3.63, 3.8) is 0 Å². The number of aliphatic hydroxyl groups excluding tert-OH is 1. The maximum absolute atomic E-state index is 12.8. The number of pyridine rings is 1. The van der Waals surface area contributed by atoms with Gasteiger partial charge in [0.05, 0.1) is 24.9 Å². The third-order valence-electron chi connectivity index (χ3n) is 2.73. The molecule has 100 valence electrons. The molecule has 1 aromatic heterocycles. The van der Waals surface area contributed by atoms with E-state index in [2.05, 4.69) is 4.98 Å². The monoisotopic (exact) mass is 262 g/mol. The highest BCUT2D eigenvalue weighted by atomic mass is 19.4. The Morgan fingerprint density at radius 1 is 1.50 bits per heavy atom. The van der Waals surface area contributed by atoms with E-state index in [4.69, 9.17) is 9.84 Å². The zero-order valence-corrected chi connectivity index (χ0v) is 9.52. The summed E-state index contributed by atoms with van der Waals surface area (Å²) in [6, 6.07) is 2.27. The minimum Gasteiger partial charge on any atom is -0.394 e. The number of morpholine rings is 1. The van der Waals surface area contributed by atoms with Gasteiger partial charge in [-0.1, -0.05) is 0 Å². The maximum Gasteiger partial charge on any atom is 0.419 e. The highest BCUT2D eigenvalue weighted by molar-refractivity contribution is 5.48. The molecule has 1 unspecified atom stereocenters. The molecule has 1 fully saturated rings. The average Bonchev–Trinajstić information content (AvgIpc) is 2.38. The number of rotatable bonds is 2. The molecule has 0 saturated carbocycles. The molecule has 1 atom stereocenters. The van der Waals surface area contributed by atoms with Crippen LogP contribution in [0.4, 0.5) is 19.0 Å². The minimum absolute atomic E-state index is 0.105. The molecule has 4 nitrogen and oxygen atoms in total. The van der Waals surface area contributed by atoms with Gasteiger partial charge in [0.1, 0.15) is 5.82 Å². The molecule has 7 heteroatoms. The van der Waals surface area contributed by atoms with Crippen LogP contribution in [0, 0.1) is 0 Å². The molecule has 18 heavy (non-hydrogen) atoms. The summed E-state index contributed by atoms with van der Waals surface area (Å²) in [6.07, 6.45) is -3.58. The van der Waals surface area contributed by atoms with E-state index in [0.717, 1.165) is 6.07 Å². The Bertz CT molecular complexity index is 412. The normalized spacial score (nSPS) is 21.1. The van der Waals surface area contributed by atoms with Crippen LogP contribution in [0.1, 0.15) is 5.56 Å². The van der Waals surface area contributed by atoms with Crippen molar-refractivity contribution in [2.45, 2.75) is 12.3 Å². The number of aliphatic hydroxyl groups is 1. The summed E-state index contributed by atoms with van der Waals surface area (Å²) in [5.41, 5.74) is -0.761. The summed E-state index contributed by atoms with van der Waals surface area (Å²) in [7, 11) is 0. The van der Waals surface area contributed by atoms with E-state index in [0.29, 0.717) is 6.54 Å². The number of hydrogen-bond donors (Lipinski definition) is 1. The largest absolute Gasteiger partial charge is 0.419 e. The molecular weight excluding hydrogens is 249 g/mol. The summed E-state index contributed by atoms with van der Waals surface area (Å²) in [4.78, 5) is 5.30. The van der Waals surface area contributed by atoms with Crippen LogP contribution in [-0.4, -0.2) is 42.5 Å². The van der Waals surface area contributed by atoms with E-state index >= 15 is 0 Å². The Hall–Kier alpha value is -1.34. The van der Waals surface area contributed by atoms with E-state index in [9.17, 15) is 13.2 Å². The summed E-state index contributed by atoms with van der Waals surface area (Å²) in [5.74, 6) is -0.105. The number of anilines is 1. The highest BCUT2D eigenvalue weighted by Gasteiger charge is 2.36. The van der Waals surface area contributed by atoms with E-state index in [1.165, 1.54) is 17.2 Å². The first-order chi connectivity index (χ1) is 8.52. The van der Waals surface area contributed by atoms with Crippen LogP contribution in [-0.2, 0) is 10.9 Å². The van der Waals surface area contributed by atoms with Gasteiger partial charge in [-0.3, -0.25) is 0 Å². The SMILES string of the molecule is OCC1CN(c2ncccc2C(F)(F)F)CCO1. The second kappa shape index (κ2) is 5.11. The van der Waals surface area contributed by atoms with Gasteiger partial charge in [-0.2, -0.15) is 13.2 Å². The molecule has 2 rings (SSSR count).